The largest absolute Gasteiger partial charge is 0.453 e. The van der Waals surface area contributed by atoms with Crippen LogP contribution in [0.25, 0.3) is 0 Å². The standard InChI is InChI=1S/C7H16N2O2/c1-5(4-8)6(2)9-7(10)11-3/h5-6H,4,8H2,1-3H3,(H,9,10). The number of ether oxygens (including phenoxy) is 1. The molecule has 0 spiro atoms. The van der Waals surface area contributed by atoms with Crippen LogP contribution in [0, 0.1) is 5.92 Å². The fourth-order valence-corrected chi connectivity index (χ4v) is 0.591. The van der Waals surface area contributed by atoms with E-state index in [0.717, 1.165) is 0 Å². The quantitative estimate of drug-likeness (QED) is 0.625. The van der Waals surface area contributed by atoms with Crippen LogP contribution in [0.15, 0.2) is 0 Å². The van der Waals surface area contributed by atoms with Crippen molar-refractivity contribution in [2.75, 3.05) is 13.7 Å². The van der Waals surface area contributed by atoms with Gasteiger partial charge in [0.25, 0.3) is 0 Å². The second-order valence-corrected chi connectivity index (χ2v) is 2.64. The predicted octanol–water partition coefficient (Wildman–Crippen LogP) is 0.326. The van der Waals surface area contributed by atoms with Crippen molar-refractivity contribution in [3.8, 4) is 0 Å². The fourth-order valence-electron chi connectivity index (χ4n) is 0.591. The molecular formula is C7H16N2O2. The molecule has 0 bridgehead atoms. The third-order valence-electron chi connectivity index (χ3n) is 1.76. The number of hydrogen-bond donors (Lipinski definition) is 2. The third kappa shape index (κ3) is 3.83. The van der Waals surface area contributed by atoms with Gasteiger partial charge in [-0.05, 0) is 19.4 Å². The third-order valence-corrected chi connectivity index (χ3v) is 1.76. The maximum absolute atomic E-state index is 10.7. The highest BCUT2D eigenvalue weighted by atomic mass is 16.5. The molecular weight excluding hydrogens is 144 g/mol. The number of carbonyl (C=O) groups excluding carboxylic acids is 1. The molecule has 0 aromatic rings. The molecule has 0 saturated carbocycles. The minimum Gasteiger partial charge on any atom is -0.453 e. The Bertz CT molecular complexity index is 128. The van der Waals surface area contributed by atoms with Gasteiger partial charge in [0, 0.05) is 6.04 Å². The minimum atomic E-state index is -0.405. The van der Waals surface area contributed by atoms with Crippen LogP contribution in [0.4, 0.5) is 4.79 Å². The lowest BCUT2D eigenvalue weighted by Gasteiger charge is -2.18. The zero-order valence-electron chi connectivity index (χ0n) is 7.26. The van der Waals surface area contributed by atoms with Gasteiger partial charge in [0.1, 0.15) is 0 Å². The Morgan fingerprint density at radius 1 is 1.64 bits per heavy atom. The summed E-state index contributed by atoms with van der Waals surface area (Å²) in [7, 11) is 1.34. The van der Waals surface area contributed by atoms with Crippen LogP contribution in [0.1, 0.15) is 13.8 Å². The molecule has 0 saturated heterocycles. The monoisotopic (exact) mass is 160 g/mol. The number of hydrogen-bond acceptors (Lipinski definition) is 3. The fraction of sp³-hybridized carbons (Fsp3) is 0.857. The van der Waals surface area contributed by atoms with E-state index < -0.39 is 6.09 Å². The van der Waals surface area contributed by atoms with Crippen molar-refractivity contribution in [2.24, 2.45) is 11.7 Å². The number of nitrogens with one attached hydrogen (secondary N) is 1. The van der Waals surface area contributed by atoms with Gasteiger partial charge in [0.2, 0.25) is 0 Å². The van der Waals surface area contributed by atoms with Gasteiger partial charge in [-0.2, -0.15) is 0 Å². The summed E-state index contributed by atoms with van der Waals surface area (Å²) in [6, 6.07) is 0.0625. The van der Waals surface area contributed by atoms with Crippen LogP contribution in [-0.2, 0) is 4.74 Å². The van der Waals surface area contributed by atoms with Crippen molar-refractivity contribution in [3.05, 3.63) is 0 Å². The molecule has 0 aromatic heterocycles. The first-order chi connectivity index (χ1) is 5.11. The summed E-state index contributed by atoms with van der Waals surface area (Å²) >= 11 is 0. The number of rotatable bonds is 3. The molecule has 4 heteroatoms. The molecule has 1 amide bonds. The average Bonchev–Trinajstić information content (AvgIpc) is 2.02. The zero-order valence-corrected chi connectivity index (χ0v) is 7.26. The summed E-state index contributed by atoms with van der Waals surface area (Å²) in [5, 5.41) is 2.64. The number of methoxy groups -OCH3 is 1. The molecule has 0 aromatic carbocycles. The van der Waals surface area contributed by atoms with E-state index in [9.17, 15) is 4.79 Å². The summed E-state index contributed by atoms with van der Waals surface area (Å²) < 4.78 is 4.42. The lowest BCUT2D eigenvalue weighted by molar-refractivity contribution is 0.164. The summed E-state index contributed by atoms with van der Waals surface area (Å²) in [6.45, 7) is 4.43. The van der Waals surface area contributed by atoms with Gasteiger partial charge in [-0.15, -0.1) is 0 Å². The van der Waals surface area contributed by atoms with Crippen LogP contribution in [-0.4, -0.2) is 25.8 Å². The number of amides is 1. The number of nitrogens with two attached hydrogens (primary N) is 1. The normalized spacial score (nSPS) is 15.3. The Hall–Kier alpha value is -0.770. The topological polar surface area (TPSA) is 64.3 Å². The Morgan fingerprint density at radius 2 is 2.18 bits per heavy atom. The first-order valence-corrected chi connectivity index (χ1v) is 3.66. The predicted molar refractivity (Wildman–Crippen MR) is 43.2 cm³/mol. The van der Waals surface area contributed by atoms with Crippen LogP contribution in [0.2, 0.25) is 0 Å². The van der Waals surface area contributed by atoms with E-state index in [2.05, 4.69) is 10.1 Å². The summed E-state index contributed by atoms with van der Waals surface area (Å²) in [4.78, 5) is 10.7. The van der Waals surface area contributed by atoms with Crippen LogP contribution >= 0.6 is 0 Å². The van der Waals surface area contributed by atoms with Gasteiger partial charge >= 0.3 is 6.09 Å². The summed E-state index contributed by atoms with van der Waals surface area (Å²) in [5.41, 5.74) is 5.40. The van der Waals surface area contributed by atoms with Gasteiger partial charge in [-0.3, -0.25) is 0 Å². The van der Waals surface area contributed by atoms with E-state index in [1.54, 1.807) is 0 Å². The van der Waals surface area contributed by atoms with Gasteiger partial charge in [0.05, 0.1) is 7.11 Å². The SMILES string of the molecule is COC(=O)NC(C)C(C)CN. The molecule has 0 aliphatic carbocycles. The van der Waals surface area contributed by atoms with E-state index in [4.69, 9.17) is 5.73 Å². The van der Waals surface area contributed by atoms with Crippen LogP contribution < -0.4 is 11.1 Å². The molecule has 0 aliphatic rings. The first kappa shape index (κ1) is 10.2. The molecule has 3 N–H and O–H groups in total. The number of carbonyl (C=O) groups is 1. The first-order valence-electron chi connectivity index (χ1n) is 3.66. The van der Waals surface area contributed by atoms with Gasteiger partial charge < -0.3 is 15.8 Å². The highest BCUT2D eigenvalue weighted by molar-refractivity contribution is 5.67. The maximum atomic E-state index is 10.7. The Morgan fingerprint density at radius 3 is 2.55 bits per heavy atom. The van der Waals surface area contributed by atoms with Crippen LogP contribution in [0.5, 0.6) is 0 Å². The van der Waals surface area contributed by atoms with Crippen molar-refractivity contribution >= 4 is 6.09 Å². The molecule has 4 nitrogen and oxygen atoms in total. The Kier molecular flexibility index (Phi) is 4.61. The second kappa shape index (κ2) is 4.96. The Balaban J connectivity index is 3.67. The minimum absolute atomic E-state index is 0.0625. The molecule has 2 unspecified atom stereocenters. The average molecular weight is 160 g/mol. The van der Waals surface area contributed by atoms with Gasteiger partial charge in [-0.25, -0.2) is 4.79 Å². The smallest absolute Gasteiger partial charge is 0.407 e. The van der Waals surface area contributed by atoms with E-state index in [0.29, 0.717) is 6.54 Å². The number of alkyl carbamates (subject to hydrolysis) is 1. The van der Waals surface area contributed by atoms with Crippen molar-refractivity contribution in [2.45, 2.75) is 19.9 Å². The summed E-state index contributed by atoms with van der Waals surface area (Å²) in [5.74, 6) is 0.272. The van der Waals surface area contributed by atoms with Gasteiger partial charge in [0.15, 0.2) is 0 Å². The highest BCUT2D eigenvalue weighted by Crippen LogP contribution is 1.98. The molecule has 0 aliphatic heterocycles. The van der Waals surface area contributed by atoms with Crippen LogP contribution in [0.3, 0.4) is 0 Å². The summed E-state index contributed by atoms with van der Waals surface area (Å²) in [6.07, 6.45) is -0.405. The van der Waals surface area contributed by atoms with E-state index >= 15 is 0 Å². The molecule has 2 atom stereocenters. The van der Waals surface area contributed by atoms with Crippen molar-refractivity contribution in [1.29, 1.82) is 0 Å². The van der Waals surface area contributed by atoms with Gasteiger partial charge in [-0.1, -0.05) is 6.92 Å². The zero-order chi connectivity index (χ0) is 8.85. The molecule has 0 radical (unpaired) electrons. The van der Waals surface area contributed by atoms with E-state index in [-0.39, 0.29) is 12.0 Å². The second-order valence-electron chi connectivity index (χ2n) is 2.64. The molecule has 11 heavy (non-hydrogen) atoms. The molecule has 0 fully saturated rings. The molecule has 0 rings (SSSR count). The molecule has 66 valence electrons. The lowest BCUT2D eigenvalue weighted by Crippen LogP contribution is -2.39. The van der Waals surface area contributed by atoms with Crippen molar-refractivity contribution in [1.82, 2.24) is 5.32 Å². The molecule has 0 heterocycles. The van der Waals surface area contributed by atoms with E-state index in [1.165, 1.54) is 7.11 Å². The lowest BCUT2D eigenvalue weighted by atomic mass is 10.1. The highest BCUT2D eigenvalue weighted by Gasteiger charge is 2.12. The Labute approximate surface area is 67.1 Å². The van der Waals surface area contributed by atoms with Crippen molar-refractivity contribution < 1.29 is 9.53 Å². The van der Waals surface area contributed by atoms with E-state index in [1.807, 2.05) is 13.8 Å². The maximum Gasteiger partial charge on any atom is 0.407 e. The van der Waals surface area contributed by atoms with Crippen molar-refractivity contribution in [3.63, 3.8) is 0 Å².